The van der Waals surface area contributed by atoms with Crippen LogP contribution < -0.4 is 23.7 Å². The van der Waals surface area contributed by atoms with Crippen LogP contribution >= 0.6 is 0 Å². The summed E-state index contributed by atoms with van der Waals surface area (Å²) in [5, 5.41) is 0. The van der Waals surface area contributed by atoms with E-state index in [4.69, 9.17) is 23.7 Å². The Labute approximate surface area is 449 Å². The number of unbranched alkanes of at least 4 members (excludes halogenated alkanes) is 14. The highest BCUT2D eigenvalue weighted by atomic mass is 16.5. The summed E-state index contributed by atoms with van der Waals surface area (Å²) in [6, 6.07) is 48.3. The Morgan fingerprint density at radius 2 is 0.553 bits per heavy atom. The third kappa shape index (κ3) is 17.7. The van der Waals surface area contributed by atoms with Gasteiger partial charge in [-0.2, -0.15) is 0 Å². The number of methoxy groups -OCH3 is 1. The minimum absolute atomic E-state index is 0.0394. The van der Waals surface area contributed by atoms with Gasteiger partial charge in [0, 0.05) is 0 Å². The molecule has 0 heterocycles. The van der Waals surface area contributed by atoms with E-state index in [1.807, 2.05) is 24.3 Å². The number of carbonyl (C=O) groups is 4. The first kappa shape index (κ1) is 56.0. The van der Waals surface area contributed by atoms with Crippen LogP contribution in [0.4, 0.5) is 0 Å². The molecule has 0 aliphatic rings. The lowest BCUT2D eigenvalue weighted by Crippen LogP contribution is -2.13. The number of ether oxygens (including phenoxy) is 5. The molecule has 0 radical (unpaired) electrons. The van der Waals surface area contributed by atoms with Crippen LogP contribution in [0.1, 0.15) is 169 Å². The van der Waals surface area contributed by atoms with Gasteiger partial charge in [-0.1, -0.05) is 177 Å². The first-order valence-corrected chi connectivity index (χ1v) is 27.3. The first-order valence-electron chi connectivity index (χ1n) is 27.3. The first-order chi connectivity index (χ1) is 37.2. The Morgan fingerprint density at radius 1 is 0.289 bits per heavy atom. The summed E-state index contributed by atoms with van der Waals surface area (Å²) in [5.41, 5.74) is 7.72. The number of rotatable bonds is 29. The lowest BCUT2D eigenvalue weighted by molar-refractivity contribution is 0.0714. The molecule has 394 valence electrons. The predicted molar refractivity (Wildman–Crippen MR) is 302 cm³/mol. The lowest BCUT2D eigenvalue weighted by Gasteiger charge is -2.11. The van der Waals surface area contributed by atoms with E-state index < -0.39 is 23.9 Å². The van der Waals surface area contributed by atoms with E-state index in [1.54, 1.807) is 24.3 Å². The zero-order valence-electron chi connectivity index (χ0n) is 44.5. The summed E-state index contributed by atoms with van der Waals surface area (Å²) in [4.78, 5) is 52.8. The van der Waals surface area contributed by atoms with Gasteiger partial charge in [0.25, 0.3) is 0 Å². The second kappa shape index (κ2) is 29.9. The zero-order valence-corrected chi connectivity index (χ0v) is 44.5. The molecule has 0 aromatic heterocycles. The van der Waals surface area contributed by atoms with Crippen molar-refractivity contribution in [1.82, 2.24) is 0 Å². The molecule has 0 fully saturated rings. The van der Waals surface area contributed by atoms with Crippen LogP contribution in [0.2, 0.25) is 0 Å². The standard InChI is InChI=1S/C67H72O9/c1-4-6-8-10-12-14-16-18-20-49-22-26-51(27-23-49)53-30-34-55(35-31-53)64(68)73-59-38-42-61(43-39-59)75-66(70)57-46-58(48-63(47-57)72-3)67(71)76-62-44-40-60(41-45-62)74-65(69)56-36-32-54(33-37-56)52-28-24-50(25-29-52)21-19-17-15-13-11-9-7-5-2/h22-48H,4-21H2,1-3H3. The van der Waals surface area contributed by atoms with Gasteiger partial charge < -0.3 is 23.7 Å². The number of esters is 4. The van der Waals surface area contributed by atoms with Crippen LogP contribution in [0, 0.1) is 0 Å². The molecule has 9 nitrogen and oxygen atoms in total. The quantitative estimate of drug-likeness (QED) is 0.0257. The zero-order chi connectivity index (χ0) is 53.3. The maximum atomic E-state index is 13.3. The molecular weight excluding hydrogens is 949 g/mol. The molecule has 0 N–H and O–H groups in total. The van der Waals surface area contributed by atoms with Crippen molar-refractivity contribution in [3.63, 3.8) is 0 Å². The monoisotopic (exact) mass is 1020 g/mol. The molecule has 0 atom stereocenters. The molecule has 0 aliphatic carbocycles. The fourth-order valence-corrected chi connectivity index (χ4v) is 9.02. The van der Waals surface area contributed by atoms with Gasteiger partial charge in [0.15, 0.2) is 0 Å². The highest BCUT2D eigenvalue weighted by Gasteiger charge is 2.19. The van der Waals surface area contributed by atoms with E-state index in [2.05, 4.69) is 62.4 Å². The molecule has 0 spiro atoms. The van der Waals surface area contributed by atoms with Crippen molar-refractivity contribution < 1.29 is 42.9 Å². The van der Waals surface area contributed by atoms with E-state index in [-0.39, 0.29) is 39.9 Å². The molecule has 76 heavy (non-hydrogen) atoms. The highest BCUT2D eigenvalue weighted by Crippen LogP contribution is 2.28. The van der Waals surface area contributed by atoms with Crippen molar-refractivity contribution in [3.05, 3.63) is 197 Å². The fraction of sp³-hybridized carbons (Fsp3) is 0.313. The normalized spacial score (nSPS) is 10.9. The average Bonchev–Trinajstić information content (AvgIpc) is 3.46. The van der Waals surface area contributed by atoms with Crippen LogP contribution in [0.15, 0.2) is 164 Å². The van der Waals surface area contributed by atoms with Gasteiger partial charge in [-0.05, 0) is 150 Å². The summed E-state index contributed by atoms with van der Waals surface area (Å²) in [5.74, 6) is -1.41. The van der Waals surface area contributed by atoms with Crippen LogP contribution in [0.3, 0.4) is 0 Å². The molecule has 7 aromatic carbocycles. The van der Waals surface area contributed by atoms with E-state index in [0.717, 1.165) is 35.1 Å². The summed E-state index contributed by atoms with van der Waals surface area (Å²) in [6.45, 7) is 4.50. The number of hydrogen-bond donors (Lipinski definition) is 0. The maximum absolute atomic E-state index is 13.3. The van der Waals surface area contributed by atoms with Crippen molar-refractivity contribution in [1.29, 1.82) is 0 Å². The topological polar surface area (TPSA) is 114 Å². The van der Waals surface area contributed by atoms with Gasteiger partial charge in [0.05, 0.1) is 29.4 Å². The highest BCUT2D eigenvalue weighted by molar-refractivity contribution is 5.98. The minimum atomic E-state index is -0.755. The molecule has 9 heteroatoms. The Bertz CT molecular complexity index is 2710. The van der Waals surface area contributed by atoms with Crippen LogP contribution in [0.25, 0.3) is 22.3 Å². The smallest absolute Gasteiger partial charge is 0.343 e. The second-order valence-corrected chi connectivity index (χ2v) is 19.4. The molecule has 0 bridgehead atoms. The van der Waals surface area contributed by atoms with Gasteiger partial charge in [-0.3, -0.25) is 0 Å². The van der Waals surface area contributed by atoms with Crippen molar-refractivity contribution in [3.8, 4) is 51.0 Å². The molecule has 7 aromatic rings. The van der Waals surface area contributed by atoms with Crippen molar-refractivity contribution in [2.24, 2.45) is 0 Å². The second-order valence-electron chi connectivity index (χ2n) is 19.4. The van der Waals surface area contributed by atoms with Gasteiger partial charge in [0.2, 0.25) is 0 Å². The summed E-state index contributed by atoms with van der Waals surface area (Å²) in [7, 11) is 1.41. The summed E-state index contributed by atoms with van der Waals surface area (Å²) >= 11 is 0. The Morgan fingerprint density at radius 3 is 0.842 bits per heavy atom. The van der Waals surface area contributed by atoms with Gasteiger partial charge in [-0.25, -0.2) is 19.2 Å². The van der Waals surface area contributed by atoms with Crippen molar-refractivity contribution >= 4 is 23.9 Å². The largest absolute Gasteiger partial charge is 0.497 e. The van der Waals surface area contributed by atoms with E-state index in [9.17, 15) is 19.2 Å². The summed E-state index contributed by atoms with van der Waals surface area (Å²) in [6.07, 6.45) is 23.1. The third-order valence-electron chi connectivity index (χ3n) is 13.6. The third-order valence-corrected chi connectivity index (χ3v) is 13.6. The van der Waals surface area contributed by atoms with Crippen LogP contribution in [0.5, 0.6) is 28.7 Å². The maximum Gasteiger partial charge on any atom is 0.343 e. The molecule has 0 unspecified atom stereocenters. The number of aryl methyl sites for hydroxylation is 2. The summed E-state index contributed by atoms with van der Waals surface area (Å²) < 4.78 is 27.8. The lowest BCUT2D eigenvalue weighted by atomic mass is 10.00. The van der Waals surface area contributed by atoms with Gasteiger partial charge in [0.1, 0.15) is 28.7 Å². The Hall–Kier alpha value is -7.78. The molecular formula is C67H72O9. The number of benzene rings is 7. The molecule has 7 rings (SSSR count). The van der Waals surface area contributed by atoms with Crippen LogP contribution in [-0.4, -0.2) is 31.0 Å². The van der Waals surface area contributed by atoms with E-state index in [1.165, 1.54) is 188 Å². The molecule has 0 saturated heterocycles. The van der Waals surface area contributed by atoms with Crippen LogP contribution in [-0.2, 0) is 12.8 Å². The molecule has 0 amide bonds. The predicted octanol–water partition coefficient (Wildman–Crippen LogP) is 17.3. The van der Waals surface area contributed by atoms with Gasteiger partial charge >= 0.3 is 23.9 Å². The Balaban J connectivity index is 0.842. The SMILES string of the molecule is CCCCCCCCCCc1ccc(-c2ccc(C(=O)Oc3ccc(OC(=O)c4cc(OC)cc(C(=O)Oc5ccc(OC(=O)c6ccc(-c7ccc(CCCCCCCCCC)cc7)cc6)cc5)c4)cc3)cc2)cc1. The van der Waals surface area contributed by atoms with Crippen molar-refractivity contribution in [2.45, 2.75) is 129 Å². The number of hydrogen-bond acceptors (Lipinski definition) is 9. The minimum Gasteiger partial charge on any atom is -0.497 e. The fourth-order valence-electron chi connectivity index (χ4n) is 9.02. The number of carbonyl (C=O) groups excluding carboxylic acids is 4. The van der Waals surface area contributed by atoms with Gasteiger partial charge in [-0.15, -0.1) is 0 Å². The van der Waals surface area contributed by atoms with E-state index in [0.29, 0.717) is 11.1 Å². The average molecular weight is 1020 g/mol. The molecule has 0 saturated carbocycles. The van der Waals surface area contributed by atoms with Crippen molar-refractivity contribution in [2.75, 3.05) is 7.11 Å². The van der Waals surface area contributed by atoms with E-state index >= 15 is 0 Å². The molecule has 0 aliphatic heterocycles. The Kier molecular flexibility index (Phi) is 22.0.